The molecular formula is C15H17N3OS. The van der Waals surface area contributed by atoms with Crippen LogP contribution in [0, 0.1) is 0 Å². The van der Waals surface area contributed by atoms with E-state index in [1.54, 1.807) is 11.8 Å². The van der Waals surface area contributed by atoms with Crippen molar-refractivity contribution in [2.45, 2.75) is 24.5 Å². The van der Waals surface area contributed by atoms with Crippen LogP contribution in [0.5, 0.6) is 5.75 Å². The molecule has 1 unspecified atom stereocenters. The van der Waals surface area contributed by atoms with Crippen LogP contribution < -0.4 is 10.1 Å². The highest BCUT2D eigenvalue weighted by Gasteiger charge is 2.23. The number of nitrogens with zero attached hydrogens (tertiary/aromatic N) is 2. The molecule has 0 spiro atoms. The van der Waals surface area contributed by atoms with Gasteiger partial charge in [-0.1, -0.05) is 19.1 Å². The van der Waals surface area contributed by atoms with Crippen LogP contribution in [-0.2, 0) is 6.54 Å². The predicted molar refractivity (Wildman–Crippen MR) is 79.9 cm³/mol. The average Bonchev–Trinajstić information content (AvgIpc) is 2.53. The molecule has 0 fully saturated rings. The molecule has 2 heterocycles. The van der Waals surface area contributed by atoms with Crippen molar-refractivity contribution in [3.63, 3.8) is 0 Å². The summed E-state index contributed by atoms with van der Waals surface area (Å²) in [6.45, 7) is 3.78. The normalized spacial score (nSPS) is 17.4. The molecule has 1 atom stereocenters. The third kappa shape index (κ3) is 2.94. The highest BCUT2D eigenvalue weighted by atomic mass is 32.2. The van der Waals surface area contributed by atoms with Gasteiger partial charge in [0.1, 0.15) is 5.75 Å². The van der Waals surface area contributed by atoms with Crippen molar-refractivity contribution in [3.8, 4) is 5.75 Å². The fourth-order valence-electron chi connectivity index (χ4n) is 2.07. The summed E-state index contributed by atoms with van der Waals surface area (Å²) in [6, 6.07) is 10.0. The molecule has 5 heteroatoms. The van der Waals surface area contributed by atoms with Gasteiger partial charge in [-0.25, -0.2) is 9.97 Å². The first-order valence-corrected chi connectivity index (χ1v) is 7.76. The Morgan fingerprint density at radius 3 is 3.15 bits per heavy atom. The molecule has 0 saturated carbocycles. The Hall–Kier alpha value is -1.59. The summed E-state index contributed by atoms with van der Waals surface area (Å²) >= 11 is 1.79. The topological polar surface area (TPSA) is 47.0 Å². The number of rotatable bonds is 4. The number of hydrogen-bond donors (Lipinski definition) is 1. The molecule has 1 aromatic heterocycles. The Morgan fingerprint density at radius 1 is 1.35 bits per heavy atom. The SMILES string of the molecule is CCNCc1ccnc(C2CSc3ccccc3O2)n1. The first-order chi connectivity index (χ1) is 9.86. The minimum atomic E-state index is -0.0727. The van der Waals surface area contributed by atoms with Crippen LogP contribution in [0.4, 0.5) is 0 Å². The van der Waals surface area contributed by atoms with Crippen LogP contribution in [0.25, 0.3) is 0 Å². The van der Waals surface area contributed by atoms with Gasteiger partial charge in [0.15, 0.2) is 11.9 Å². The first kappa shape index (κ1) is 13.4. The van der Waals surface area contributed by atoms with E-state index in [0.29, 0.717) is 0 Å². The van der Waals surface area contributed by atoms with Gasteiger partial charge in [0.25, 0.3) is 0 Å². The van der Waals surface area contributed by atoms with Crippen LogP contribution in [0.1, 0.15) is 24.5 Å². The third-order valence-electron chi connectivity index (χ3n) is 3.08. The number of hydrogen-bond acceptors (Lipinski definition) is 5. The Labute approximate surface area is 123 Å². The molecule has 2 aromatic rings. The number of thioether (sulfide) groups is 1. The predicted octanol–water partition coefficient (Wildman–Crippen LogP) is 2.81. The van der Waals surface area contributed by atoms with Crippen molar-refractivity contribution in [2.75, 3.05) is 12.3 Å². The van der Waals surface area contributed by atoms with Gasteiger partial charge in [0, 0.05) is 23.4 Å². The summed E-state index contributed by atoms with van der Waals surface area (Å²) in [7, 11) is 0. The molecule has 20 heavy (non-hydrogen) atoms. The van der Waals surface area contributed by atoms with Crippen molar-refractivity contribution in [2.24, 2.45) is 0 Å². The van der Waals surface area contributed by atoms with E-state index in [-0.39, 0.29) is 6.10 Å². The Morgan fingerprint density at radius 2 is 2.25 bits per heavy atom. The Balaban J connectivity index is 1.77. The minimum Gasteiger partial charge on any atom is -0.480 e. The molecule has 1 aliphatic rings. The fraction of sp³-hybridized carbons (Fsp3) is 0.333. The zero-order valence-corrected chi connectivity index (χ0v) is 12.2. The Bertz CT molecular complexity index is 591. The van der Waals surface area contributed by atoms with Crippen molar-refractivity contribution >= 4 is 11.8 Å². The third-order valence-corrected chi connectivity index (χ3v) is 4.20. The van der Waals surface area contributed by atoms with E-state index in [1.807, 2.05) is 30.5 Å². The number of aromatic nitrogens is 2. The second-order valence-corrected chi connectivity index (χ2v) is 5.61. The maximum atomic E-state index is 6.01. The molecule has 4 nitrogen and oxygen atoms in total. The maximum absolute atomic E-state index is 6.01. The van der Waals surface area contributed by atoms with E-state index < -0.39 is 0 Å². The van der Waals surface area contributed by atoms with E-state index in [0.717, 1.165) is 36.1 Å². The smallest absolute Gasteiger partial charge is 0.170 e. The van der Waals surface area contributed by atoms with Gasteiger partial charge >= 0.3 is 0 Å². The second kappa shape index (κ2) is 6.24. The number of ether oxygens (including phenoxy) is 1. The van der Waals surface area contributed by atoms with Gasteiger partial charge in [0.05, 0.1) is 5.69 Å². The molecular weight excluding hydrogens is 270 g/mol. The largest absolute Gasteiger partial charge is 0.480 e. The summed E-state index contributed by atoms with van der Waals surface area (Å²) in [4.78, 5) is 10.1. The lowest BCUT2D eigenvalue weighted by molar-refractivity contribution is 0.210. The van der Waals surface area contributed by atoms with Crippen LogP contribution >= 0.6 is 11.8 Å². The minimum absolute atomic E-state index is 0.0727. The number of para-hydroxylation sites is 1. The zero-order valence-electron chi connectivity index (χ0n) is 11.4. The summed E-state index contributed by atoms with van der Waals surface area (Å²) < 4.78 is 6.01. The van der Waals surface area contributed by atoms with Crippen LogP contribution in [0.2, 0.25) is 0 Å². The molecule has 1 aromatic carbocycles. The molecule has 3 rings (SSSR count). The maximum Gasteiger partial charge on any atom is 0.170 e. The lowest BCUT2D eigenvalue weighted by Crippen LogP contribution is -2.19. The highest BCUT2D eigenvalue weighted by molar-refractivity contribution is 7.99. The summed E-state index contributed by atoms with van der Waals surface area (Å²) in [5.41, 5.74) is 1.00. The summed E-state index contributed by atoms with van der Waals surface area (Å²) in [6.07, 6.45) is 1.74. The molecule has 0 bridgehead atoms. The quantitative estimate of drug-likeness (QED) is 0.937. The van der Waals surface area contributed by atoms with Crippen molar-refractivity contribution in [1.82, 2.24) is 15.3 Å². The first-order valence-electron chi connectivity index (χ1n) is 6.78. The molecule has 104 valence electrons. The molecule has 0 saturated heterocycles. The lowest BCUT2D eigenvalue weighted by Gasteiger charge is -2.24. The second-order valence-electron chi connectivity index (χ2n) is 4.55. The van der Waals surface area contributed by atoms with Crippen molar-refractivity contribution < 1.29 is 4.74 Å². The van der Waals surface area contributed by atoms with Crippen LogP contribution in [0.15, 0.2) is 41.4 Å². The van der Waals surface area contributed by atoms with Gasteiger partial charge in [-0.15, -0.1) is 11.8 Å². The monoisotopic (exact) mass is 287 g/mol. The van der Waals surface area contributed by atoms with Crippen LogP contribution in [-0.4, -0.2) is 22.3 Å². The molecule has 0 aliphatic carbocycles. The van der Waals surface area contributed by atoms with Gasteiger partial charge in [0.2, 0.25) is 0 Å². The fourth-order valence-corrected chi connectivity index (χ4v) is 3.05. The zero-order chi connectivity index (χ0) is 13.8. The van der Waals surface area contributed by atoms with Gasteiger partial charge < -0.3 is 10.1 Å². The molecule has 1 aliphatic heterocycles. The number of fused-ring (bicyclic) bond motifs is 1. The summed E-state index contributed by atoms with van der Waals surface area (Å²) in [5.74, 6) is 2.54. The van der Waals surface area contributed by atoms with E-state index in [9.17, 15) is 0 Å². The van der Waals surface area contributed by atoms with E-state index >= 15 is 0 Å². The standard InChI is InChI=1S/C15H17N3OS/c1-2-16-9-11-7-8-17-15(18-11)13-10-20-14-6-4-3-5-12(14)19-13/h3-8,13,16H,2,9-10H2,1H3. The average molecular weight is 287 g/mol. The van der Waals surface area contributed by atoms with E-state index in [2.05, 4.69) is 28.3 Å². The van der Waals surface area contributed by atoms with E-state index in [1.165, 1.54) is 4.90 Å². The van der Waals surface area contributed by atoms with Gasteiger partial charge in [-0.2, -0.15) is 0 Å². The van der Waals surface area contributed by atoms with E-state index in [4.69, 9.17) is 4.74 Å². The highest BCUT2D eigenvalue weighted by Crippen LogP contribution is 2.39. The number of nitrogens with one attached hydrogen (secondary N) is 1. The van der Waals surface area contributed by atoms with Crippen molar-refractivity contribution in [1.29, 1.82) is 0 Å². The van der Waals surface area contributed by atoms with Crippen LogP contribution in [0.3, 0.4) is 0 Å². The van der Waals surface area contributed by atoms with Gasteiger partial charge in [-0.3, -0.25) is 0 Å². The molecule has 1 N–H and O–H groups in total. The number of benzene rings is 1. The van der Waals surface area contributed by atoms with Crippen molar-refractivity contribution in [3.05, 3.63) is 48.0 Å². The van der Waals surface area contributed by atoms with Gasteiger partial charge in [-0.05, 0) is 24.7 Å². The summed E-state index contributed by atoms with van der Waals surface area (Å²) in [5, 5.41) is 3.27. The lowest BCUT2D eigenvalue weighted by atomic mass is 10.3. The molecule has 0 amide bonds. The Kier molecular flexibility index (Phi) is 4.18. The molecule has 0 radical (unpaired) electrons.